The van der Waals surface area contributed by atoms with Crippen LogP contribution in [-0.4, -0.2) is 20.3 Å². The van der Waals surface area contributed by atoms with Crippen molar-refractivity contribution in [2.24, 2.45) is 0 Å². The largest absolute Gasteiger partial charge is 0.497 e. The topological polar surface area (TPSA) is 27.7 Å². The normalized spacial score (nSPS) is 17.2. The third kappa shape index (κ3) is 4.18. The molecule has 0 aromatic heterocycles. The summed E-state index contributed by atoms with van der Waals surface area (Å²) in [6.45, 7) is 0.650. The zero-order chi connectivity index (χ0) is 16.8. The van der Waals surface area contributed by atoms with Crippen molar-refractivity contribution in [3.05, 3.63) is 65.7 Å². The van der Waals surface area contributed by atoms with E-state index in [0.717, 1.165) is 30.8 Å². The van der Waals surface area contributed by atoms with E-state index in [2.05, 4.69) is 30.3 Å². The average molecular weight is 324 g/mol. The number of methoxy groups -OCH3 is 2. The lowest BCUT2D eigenvalue weighted by atomic mass is 9.92. The summed E-state index contributed by atoms with van der Waals surface area (Å²) < 4.78 is 16.5. The zero-order valence-electron chi connectivity index (χ0n) is 14.3. The molecule has 0 fully saturated rings. The van der Waals surface area contributed by atoms with Crippen LogP contribution < -0.4 is 9.47 Å². The Kier molecular flexibility index (Phi) is 5.55. The first kappa shape index (κ1) is 16.6. The molecule has 2 aromatic carbocycles. The van der Waals surface area contributed by atoms with Crippen LogP contribution in [0.2, 0.25) is 0 Å². The fraction of sp³-hybridized carbons (Fsp3) is 0.333. The van der Waals surface area contributed by atoms with Crippen molar-refractivity contribution in [2.75, 3.05) is 14.2 Å². The van der Waals surface area contributed by atoms with Crippen LogP contribution >= 0.6 is 0 Å². The monoisotopic (exact) mass is 324 g/mol. The molecule has 0 saturated carbocycles. The van der Waals surface area contributed by atoms with Gasteiger partial charge in [-0.1, -0.05) is 30.3 Å². The second kappa shape index (κ2) is 8.02. The van der Waals surface area contributed by atoms with E-state index in [-0.39, 0.29) is 0 Å². The molecule has 1 atom stereocenters. The standard InChI is InChI=1S/C21H24O3/c1-22-19-10-6-16(7-11-19)15-24-20-12-8-17(9-13-20)18-4-3-5-21(14-18)23-2/h3-8,10-11,14,20H,9,12-13,15H2,1-2H3. The minimum atomic E-state index is 0.293. The van der Waals surface area contributed by atoms with Crippen molar-refractivity contribution in [1.29, 1.82) is 0 Å². The molecule has 0 saturated heterocycles. The van der Waals surface area contributed by atoms with Crippen LogP contribution in [-0.2, 0) is 11.3 Å². The summed E-state index contributed by atoms with van der Waals surface area (Å²) in [5, 5.41) is 0. The van der Waals surface area contributed by atoms with Gasteiger partial charge in [-0.25, -0.2) is 0 Å². The number of hydrogen-bond donors (Lipinski definition) is 0. The second-order valence-electron chi connectivity index (χ2n) is 6.02. The first-order valence-electron chi connectivity index (χ1n) is 8.36. The van der Waals surface area contributed by atoms with Crippen molar-refractivity contribution in [1.82, 2.24) is 0 Å². The maximum atomic E-state index is 6.06. The van der Waals surface area contributed by atoms with Crippen LogP contribution in [0.1, 0.15) is 30.4 Å². The van der Waals surface area contributed by atoms with Gasteiger partial charge in [0.15, 0.2) is 0 Å². The second-order valence-corrected chi connectivity index (χ2v) is 6.02. The zero-order valence-corrected chi connectivity index (χ0v) is 14.3. The quantitative estimate of drug-likeness (QED) is 0.760. The van der Waals surface area contributed by atoms with Gasteiger partial charge in [-0.3, -0.25) is 0 Å². The Labute approximate surface area is 143 Å². The Morgan fingerprint density at radius 3 is 2.42 bits per heavy atom. The highest BCUT2D eigenvalue weighted by atomic mass is 16.5. The predicted octanol–water partition coefficient (Wildman–Crippen LogP) is 4.86. The fourth-order valence-electron chi connectivity index (χ4n) is 2.98. The average Bonchev–Trinajstić information content (AvgIpc) is 2.67. The number of hydrogen-bond acceptors (Lipinski definition) is 3. The summed E-state index contributed by atoms with van der Waals surface area (Å²) >= 11 is 0. The van der Waals surface area contributed by atoms with E-state index in [0.29, 0.717) is 12.7 Å². The van der Waals surface area contributed by atoms with Crippen LogP contribution in [0.25, 0.3) is 5.57 Å². The van der Waals surface area contributed by atoms with Gasteiger partial charge >= 0.3 is 0 Å². The van der Waals surface area contributed by atoms with Gasteiger partial charge < -0.3 is 14.2 Å². The number of allylic oxidation sites excluding steroid dienone is 1. The molecule has 3 rings (SSSR count). The van der Waals surface area contributed by atoms with Gasteiger partial charge in [-0.05, 0) is 60.2 Å². The van der Waals surface area contributed by atoms with Crippen LogP contribution in [0.4, 0.5) is 0 Å². The fourth-order valence-corrected chi connectivity index (χ4v) is 2.98. The first-order chi connectivity index (χ1) is 11.8. The molecular weight excluding hydrogens is 300 g/mol. The van der Waals surface area contributed by atoms with Crippen molar-refractivity contribution in [3.8, 4) is 11.5 Å². The van der Waals surface area contributed by atoms with E-state index in [1.807, 2.05) is 24.3 Å². The van der Waals surface area contributed by atoms with Gasteiger partial charge in [-0.2, -0.15) is 0 Å². The summed E-state index contributed by atoms with van der Waals surface area (Å²) in [5.41, 5.74) is 3.82. The number of ether oxygens (including phenoxy) is 3. The lowest BCUT2D eigenvalue weighted by Gasteiger charge is -2.23. The smallest absolute Gasteiger partial charge is 0.119 e. The Bertz CT molecular complexity index is 688. The third-order valence-electron chi connectivity index (χ3n) is 4.45. The molecule has 0 bridgehead atoms. The minimum absolute atomic E-state index is 0.293. The molecule has 0 N–H and O–H groups in total. The molecule has 0 amide bonds. The summed E-state index contributed by atoms with van der Waals surface area (Å²) in [5.74, 6) is 1.79. The van der Waals surface area contributed by atoms with Crippen LogP contribution in [0.5, 0.6) is 11.5 Å². The lowest BCUT2D eigenvalue weighted by molar-refractivity contribution is 0.0360. The van der Waals surface area contributed by atoms with Crippen molar-refractivity contribution < 1.29 is 14.2 Å². The molecular formula is C21H24O3. The highest BCUT2D eigenvalue weighted by Crippen LogP contribution is 2.30. The molecule has 0 aliphatic heterocycles. The van der Waals surface area contributed by atoms with E-state index < -0.39 is 0 Å². The van der Waals surface area contributed by atoms with E-state index in [1.165, 1.54) is 16.7 Å². The van der Waals surface area contributed by atoms with Crippen molar-refractivity contribution >= 4 is 5.57 Å². The Balaban J connectivity index is 1.54. The van der Waals surface area contributed by atoms with Crippen LogP contribution in [0.3, 0.4) is 0 Å². The van der Waals surface area contributed by atoms with E-state index in [9.17, 15) is 0 Å². The summed E-state index contributed by atoms with van der Waals surface area (Å²) in [6.07, 6.45) is 5.65. The SMILES string of the molecule is COc1ccc(COC2CC=C(c3cccc(OC)c3)CC2)cc1. The minimum Gasteiger partial charge on any atom is -0.497 e. The molecule has 2 aromatic rings. The lowest BCUT2D eigenvalue weighted by Crippen LogP contribution is -2.15. The van der Waals surface area contributed by atoms with Crippen molar-refractivity contribution in [2.45, 2.75) is 32.0 Å². The van der Waals surface area contributed by atoms with Gasteiger partial charge in [0, 0.05) is 0 Å². The molecule has 0 heterocycles. The van der Waals surface area contributed by atoms with Crippen LogP contribution in [0.15, 0.2) is 54.6 Å². The maximum absolute atomic E-state index is 6.06. The molecule has 1 aliphatic carbocycles. The molecule has 24 heavy (non-hydrogen) atoms. The molecule has 1 aliphatic rings. The maximum Gasteiger partial charge on any atom is 0.119 e. The molecule has 126 valence electrons. The summed E-state index contributed by atoms with van der Waals surface area (Å²) in [7, 11) is 3.39. The van der Waals surface area contributed by atoms with E-state index in [1.54, 1.807) is 14.2 Å². The Hall–Kier alpha value is -2.26. The van der Waals surface area contributed by atoms with Crippen molar-refractivity contribution in [3.63, 3.8) is 0 Å². The van der Waals surface area contributed by atoms with Gasteiger partial charge in [0.2, 0.25) is 0 Å². The molecule has 0 spiro atoms. The van der Waals surface area contributed by atoms with Gasteiger partial charge in [-0.15, -0.1) is 0 Å². The molecule has 3 heteroatoms. The van der Waals surface area contributed by atoms with Gasteiger partial charge in [0.25, 0.3) is 0 Å². The highest BCUT2D eigenvalue weighted by molar-refractivity contribution is 5.67. The summed E-state index contributed by atoms with van der Waals surface area (Å²) in [6, 6.07) is 16.3. The predicted molar refractivity (Wildman–Crippen MR) is 96.4 cm³/mol. The van der Waals surface area contributed by atoms with E-state index in [4.69, 9.17) is 14.2 Å². The highest BCUT2D eigenvalue weighted by Gasteiger charge is 2.16. The number of benzene rings is 2. The molecule has 3 nitrogen and oxygen atoms in total. The molecule has 1 unspecified atom stereocenters. The summed E-state index contributed by atoms with van der Waals surface area (Å²) in [4.78, 5) is 0. The van der Waals surface area contributed by atoms with Crippen LogP contribution in [0, 0.1) is 0 Å². The third-order valence-corrected chi connectivity index (χ3v) is 4.45. The van der Waals surface area contributed by atoms with Gasteiger partial charge in [0.05, 0.1) is 26.9 Å². The molecule has 0 radical (unpaired) electrons. The Morgan fingerprint density at radius 1 is 0.958 bits per heavy atom. The first-order valence-corrected chi connectivity index (χ1v) is 8.36. The Morgan fingerprint density at radius 2 is 1.75 bits per heavy atom. The number of rotatable bonds is 6. The van der Waals surface area contributed by atoms with E-state index >= 15 is 0 Å². The van der Waals surface area contributed by atoms with Gasteiger partial charge in [0.1, 0.15) is 11.5 Å².